The van der Waals surface area contributed by atoms with E-state index in [1.807, 2.05) is 32.1 Å². The average Bonchev–Trinajstić information content (AvgIpc) is 3.09. The summed E-state index contributed by atoms with van der Waals surface area (Å²) < 4.78 is 11.7. The Morgan fingerprint density at radius 1 is 1.00 bits per heavy atom. The molecule has 2 heterocycles. The SMILES string of the molecule is CN(Cc1ccc(N(C)C)cc1)C(=O)C[NH+]1CCC[C@@H]1c1ccc2c(c1)OCCCO2. The van der Waals surface area contributed by atoms with Crippen LogP contribution in [0.5, 0.6) is 11.5 Å². The first kappa shape index (κ1) is 21.5. The van der Waals surface area contributed by atoms with Crippen molar-refractivity contribution in [1.82, 2.24) is 4.90 Å². The van der Waals surface area contributed by atoms with Crippen LogP contribution in [0.1, 0.15) is 36.4 Å². The quantitative estimate of drug-likeness (QED) is 0.773. The zero-order chi connectivity index (χ0) is 21.8. The predicted octanol–water partition coefficient (Wildman–Crippen LogP) is 2.29. The Kier molecular flexibility index (Phi) is 6.66. The van der Waals surface area contributed by atoms with Crippen LogP contribution in [0.25, 0.3) is 0 Å². The van der Waals surface area contributed by atoms with Crippen molar-refractivity contribution in [3.8, 4) is 11.5 Å². The molecule has 2 aromatic rings. The number of nitrogens with one attached hydrogen (secondary N) is 1. The number of carbonyl (C=O) groups is 1. The summed E-state index contributed by atoms with van der Waals surface area (Å²) in [4.78, 5) is 18.3. The third kappa shape index (κ3) is 5.13. The Hall–Kier alpha value is -2.73. The van der Waals surface area contributed by atoms with E-state index in [2.05, 4.69) is 41.3 Å². The van der Waals surface area contributed by atoms with Gasteiger partial charge in [-0.3, -0.25) is 4.79 Å². The first-order valence-electron chi connectivity index (χ1n) is 11.3. The van der Waals surface area contributed by atoms with Gasteiger partial charge in [-0.15, -0.1) is 0 Å². The van der Waals surface area contributed by atoms with Crippen LogP contribution in [0.4, 0.5) is 5.69 Å². The van der Waals surface area contributed by atoms with Crippen molar-refractivity contribution in [2.24, 2.45) is 0 Å². The van der Waals surface area contributed by atoms with E-state index in [1.165, 1.54) is 10.5 Å². The summed E-state index contributed by atoms with van der Waals surface area (Å²) in [5, 5.41) is 0. The lowest BCUT2D eigenvalue weighted by atomic mass is 10.0. The maximum Gasteiger partial charge on any atom is 0.277 e. The van der Waals surface area contributed by atoms with Gasteiger partial charge in [-0.2, -0.15) is 0 Å². The van der Waals surface area contributed by atoms with E-state index in [0.717, 1.165) is 48.6 Å². The molecule has 1 unspecified atom stereocenters. The minimum absolute atomic E-state index is 0.188. The van der Waals surface area contributed by atoms with E-state index >= 15 is 0 Å². The number of hydrogen-bond acceptors (Lipinski definition) is 4. The van der Waals surface area contributed by atoms with Crippen molar-refractivity contribution >= 4 is 11.6 Å². The summed E-state index contributed by atoms with van der Waals surface area (Å²) in [7, 11) is 5.96. The molecule has 1 saturated heterocycles. The second kappa shape index (κ2) is 9.60. The molecule has 2 aliphatic heterocycles. The van der Waals surface area contributed by atoms with Gasteiger partial charge in [0.25, 0.3) is 5.91 Å². The van der Waals surface area contributed by atoms with Crippen LogP contribution < -0.4 is 19.3 Å². The van der Waals surface area contributed by atoms with E-state index in [4.69, 9.17) is 9.47 Å². The van der Waals surface area contributed by atoms with Crippen molar-refractivity contribution in [1.29, 1.82) is 0 Å². The second-order valence-corrected chi connectivity index (χ2v) is 8.85. The van der Waals surface area contributed by atoms with Gasteiger partial charge in [0.05, 0.1) is 19.8 Å². The smallest absolute Gasteiger partial charge is 0.277 e. The van der Waals surface area contributed by atoms with E-state index in [0.29, 0.717) is 32.3 Å². The standard InChI is InChI=1S/C25H33N3O3/c1-26(2)21-10-7-19(8-11-21)17-27(3)25(29)18-28-13-4-6-22(28)20-9-12-23-24(16-20)31-15-5-14-30-23/h7-12,16,22H,4-6,13-15,17-18H2,1-3H3/p+1/t22-/m1/s1. The van der Waals surface area contributed by atoms with Crippen LogP contribution in [-0.4, -0.2) is 58.3 Å². The molecule has 2 aliphatic rings. The summed E-state index contributed by atoms with van der Waals surface area (Å²) in [6, 6.07) is 15.0. The molecular formula is C25H34N3O3+. The Morgan fingerprint density at radius 2 is 1.74 bits per heavy atom. The monoisotopic (exact) mass is 424 g/mol. The van der Waals surface area contributed by atoms with Gasteiger partial charge >= 0.3 is 0 Å². The third-order valence-corrected chi connectivity index (χ3v) is 6.33. The Morgan fingerprint density at radius 3 is 2.48 bits per heavy atom. The van der Waals surface area contributed by atoms with Crippen molar-refractivity contribution in [2.45, 2.75) is 31.8 Å². The maximum absolute atomic E-state index is 13.0. The molecule has 166 valence electrons. The summed E-state index contributed by atoms with van der Waals surface area (Å²) >= 11 is 0. The number of likely N-dealkylation sites (N-methyl/N-ethyl adjacent to an activating group) is 1. The molecule has 0 radical (unpaired) electrons. The molecule has 6 heteroatoms. The van der Waals surface area contributed by atoms with Crippen LogP contribution in [0.2, 0.25) is 0 Å². The van der Waals surface area contributed by atoms with Crippen molar-refractivity contribution in [3.63, 3.8) is 0 Å². The van der Waals surface area contributed by atoms with Gasteiger partial charge in [0.2, 0.25) is 0 Å². The number of benzene rings is 2. The molecule has 2 atom stereocenters. The average molecular weight is 425 g/mol. The molecule has 0 aromatic heterocycles. The Bertz CT molecular complexity index is 897. The fourth-order valence-electron chi connectivity index (χ4n) is 4.51. The highest BCUT2D eigenvalue weighted by atomic mass is 16.5. The lowest BCUT2D eigenvalue weighted by Gasteiger charge is -2.25. The summed E-state index contributed by atoms with van der Waals surface area (Å²) in [6.45, 7) is 3.57. The van der Waals surface area contributed by atoms with E-state index in [9.17, 15) is 4.79 Å². The maximum atomic E-state index is 13.0. The minimum atomic E-state index is 0.188. The number of hydrogen-bond donors (Lipinski definition) is 1. The van der Waals surface area contributed by atoms with Gasteiger partial charge in [0, 0.05) is 58.2 Å². The normalized spacial score (nSPS) is 20.2. The number of quaternary nitrogens is 1. The second-order valence-electron chi connectivity index (χ2n) is 8.85. The Balaban J connectivity index is 1.38. The van der Waals surface area contributed by atoms with Gasteiger partial charge < -0.3 is 24.2 Å². The lowest BCUT2D eigenvalue weighted by molar-refractivity contribution is -0.910. The van der Waals surface area contributed by atoms with Crippen molar-refractivity contribution in [3.05, 3.63) is 53.6 Å². The van der Waals surface area contributed by atoms with Crippen LogP contribution in [0.15, 0.2) is 42.5 Å². The molecule has 0 bridgehead atoms. The summed E-state index contributed by atoms with van der Waals surface area (Å²) in [5.41, 5.74) is 3.56. The number of fused-ring (bicyclic) bond motifs is 1. The topological polar surface area (TPSA) is 46.5 Å². The fourth-order valence-corrected chi connectivity index (χ4v) is 4.51. The van der Waals surface area contributed by atoms with E-state index in [1.54, 1.807) is 0 Å². The number of amides is 1. The first-order valence-corrected chi connectivity index (χ1v) is 11.3. The van der Waals surface area contributed by atoms with Gasteiger partial charge in [-0.25, -0.2) is 0 Å². The molecule has 1 N–H and O–H groups in total. The molecule has 0 spiro atoms. The van der Waals surface area contributed by atoms with Gasteiger partial charge in [0.1, 0.15) is 6.04 Å². The van der Waals surface area contributed by atoms with Gasteiger partial charge in [-0.05, 0) is 35.9 Å². The van der Waals surface area contributed by atoms with Crippen LogP contribution >= 0.6 is 0 Å². The van der Waals surface area contributed by atoms with Crippen molar-refractivity contribution in [2.75, 3.05) is 52.3 Å². The lowest BCUT2D eigenvalue weighted by Crippen LogP contribution is -3.11. The molecule has 6 nitrogen and oxygen atoms in total. The number of rotatable bonds is 6. The molecule has 2 aromatic carbocycles. The minimum Gasteiger partial charge on any atom is -0.490 e. The summed E-state index contributed by atoms with van der Waals surface area (Å²) in [5.74, 6) is 1.86. The number of carbonyl (C=O) groups excluding carboxylic acids is 1. The zero-order valence-corrected chi connectivity index (χ0v) is 18.9. The number of likely N-dealkylation sites (tertiary alicyclic amines) is 1. The number of nitrogens with zero attached hydrogens (tertiary/aromatic N) is 2. The summed E-state index contributed by atoms with van der Waals surface area (Å²) in [6.07, 6.45) is 3.14. The van der Waals surface area contributed by atoms with Crippen LogP contribution in [0.3, 0.4) is 0 Å². The highest BCUT2D eigenvalue weighted by molar-refractivity contribution is 5.76. The largest absolute Gasteiger partial charge is 0.490 e. The van der Waals surface area contributed by atoms with E-state index < -0.39 is 0 Å². The fraction of sp³-hybridized carbons (Fsp3) is 0.480. The molecule has 31 heavy (non-hydrogen) atoms. The molecule has 1 amide bonds. The van der Waals surface area contributed by atoms with Crippen LogP contribution in [-0.2, 0) is 11.3 Å². The number of anilines is 1. The van der Waals surface area contributed by atoms with Crippen LogP contribution in [0, 0.1) is 0 Å². The van der Waals surface area contributed by atoms with Gasteiger partial charge in [-0.1, -0.05) is 12.1 Å². The van der Waals surface area contributed by atoms with Gasteiger partial charge in [0.15, 0.2) is 18.0 Å². The van der Waals surface area contributed by atoms with E-state index in [-0.39, 0.29) is 5.91 Å². The molecule has 0 aliphatic carbocycles. The molecule has 4 rings (SSSR count). The molecule has 1 fully saturated rings. The third-order valence-electron chi connectivity index (χ3n) is 6.33. The number of ether oxygens (including phenoxy) is 2. The Labute approximate surface area is 185 Å². The predicted molar refractivity (Wildman–Crippen MR) is 122 cm³/mol. The molecular weight excluding hydrogens is 390 g/mol. The first-order chi connectivity index (χ1) is 15.0. The highest BCUT2D eigenvalue weighted by Crippen LogP contribution is 2.33. The van der Waals surface area contributed by atoms with Crippen molar-refractivity contribution < 1.29 is 19.2 Å². The zero-order valence-electron chi connectivity index (χ0n) is 18.9. The highest BCUT2D eigenvalue weighted by Gasteiger charge is 2.33. The molecule has 0 saturated carbocycles.